The normalized spacial score (nSPS) is 21.0. The van der Waals surface area contributed by atoms with Gasteiger partial charge in [-0.05, 0) is 46.5 Å². The highest BCUT2D eigenvalue weighted by molar-refractivity contribution is 8.32. The van der Waals surface area contributed by atoms with Gasteiger partial charge in [0.15, 0.2) is 5.15 Å². The summed E-state index contributed by atoms with van der Waals surface area (Å²) in [6, 6.07) is 0. The number of nitrogens with zero attached hydrogens (tertiary/aromatic N) is 2. The van der Waals surface area contributed by atoms with E-state index in [9.17, 15) is 0 Å². The first-order chi connectivity index (χ1) is 10.4. The van der Waals surface area contributed by atoms with E-state index in [0.29, 0.717) is 11.9 Å². The Morgan fingerprint density at radius 2 is 1.78 bits per heavy atom. The molecule has 0 spiro atoms. The Morgan fingerprint density at radius 3 is 2.30 bits per heavy atom. The van der Waals surface area contributed by atoms with Gasteiger partial charge in [-0.1, -0.05) is 11.6 Å². The molecule has 1 aliphatic heterocycles. The number of hydrogen-bond donors (Lipinski definition) is 0. The van der Waals surface area contributed by atoms with E-state index in [1.165, 1.54) is 0 Å². The van der Waals surface area contributed by atoms with Gasteiger partial charge in [-0.2, -0.15) is 5.10 Å². The molecule has 0 aliphatic carbocycles. The van der Waals surface area contributed by atoms with E-state index in [2.05, 4.69) is 23.9 Å². The predicted molar refractivity (Wildman–Crippen MR) is 99.1 cm³/mol. The van der Waals surface area contributed by atoms with Crippen LogP contribution in [0.3, 0.4) is 0 Å². The number of halogens is 1. The van der Waals surface area contributed by atoms with Gasteiger partial charge >= 0.3 is 7.12 Å². The van der Waals surface area contributed by atoms with E-state index in [-0.39, 0.29) is 0 Å². The molecule has 0 amide bonds. The van der Waals surface area contributed by atoms with E-state index < -0.39 is 28.3 Å². The molecule has 1 saturated heterocycles. The highest BCUT2D eigenvalue weighted by Gasteiger charge is 2.52. The van der Waals surface area contributed by atoms with Crippen molar-refractivity contribution in [3.63, 3.8) is 0 Å². The monoisotopic (exact) mass is 362 g/mol. The van der Waals surface area contributed by atoms with Gasteiger partial charge in [0.05, 0.1) is 17.8 Å². The van der Waals surface area contributed by atoms with E-state index >= 15 is 0 Å². The molecule has 0 radical (unpaired) electrons. The van der Waals surface area contributed by atoms with Crippen LogP contribution in [0.1, 0.15) is 27.7 Å². The second-order valence-corrected chi connectivity index (χ2v) is 12.8. The van der Waals surface area contributed by atoms with Crippen molar-refractivity contribution in [3.05, 3.63) is 11.3 Å². The lowest BCUT2D eigenvalue weighted by Crippen LogP contribution is -2.41. The van der Waals surface area contributed by atoms with Gasteiger partial charge in [-0.3, -0.25) is 0 Å². The van der Waals surface area contributed by atoms with Gasteiger partial charge in [0, 0.05) is 17.4 Å². The molecule has 132 valence electrons. The van der Waals surface area contributed by atoms with Crippen molar-refractivity contribution in [1.82, 2.24) is 9.78 Å². The third kappa shape index (κ3) is 4.66. The second kappa shape index (κ2) is 6.60. The molecule has 0 unspecified atom stereocenters. The molecule has 1 aromatic heterocycles. The number of hydrogen-bond acceptors (Lipinski definition) is 4. The van der Waals surface area contributed by atoms with Crippen LogP contribution >= 0.6 is 21.6 Å². The third-order valence-electron chi connectivity index (χ3n) is 4.31. The summed E-state index contributed by atoms with van der Waals surface area (Å²) in [5.74, 6) is 1.08. The van der Waals surface area contributed by atoms with Crippen LogP contribution in [-0.2, 0) is 20.8 Å². The highest BCUT2D eigenvalue weighted by Crippen LogP contribution is 2.37. The van der Waals surface area contributed by atoms with Crippen LogP contribution in [0.25, 0.3) is 0 Å². The van der Waals surface area contributed by atoms with Crippen LogP contribution in [0.5, 0.6) is 0 Å². The average Bonchev–Trinajstić information content (AvgIpc) is 2.82. The molecule has 1 fully saturated rings. The molecule has 1 aliphatic rings. The fraction of sp³-hybridized carbons (Fsp3) is 0.800. The number of aromatic nitrogens is 2. The molecule has 2 rings (SSSR count). The van der Waals surface area contributed by atoms with E-state index in [1.807, 2.05) is 33.9 Å². The Hall–Kier alpha value is -0.205. The fourth-order valence-corrected chi connectivity index (χ4v) is 2.93. The molecule has 0 aromatic carbocycles. The van der Waals surface area contributed by atoms with Gasteiger partial charge in [-0.25, -0.2) is 14.7 Å². The zero-order valence-corrected chi connectivity index (χ0v) is 16.8. The Morgan fingerprint density at radius 1 is 1.22 bits per heavy atom. The van der Waals surface area contributed by atoms with Crippen molar-refractivity contribution in [2.75, 3.05) is 31.1 Å². The molecular formula is C15H28BClN2O3S. The first kappa shape index (κ1) is 19.1. The van der Waals surface area contributed by atoms with Gasteiger partial charge in [0.25, 0.3) is 0 Å². The molecule has 8 heteroatoms. The molecule has 0 saturated carbocycles. The topological polar surface area (TPSA) is 45.5 Å². The summed E-state index contributed by atoms with van der Waals surface area (Å²) in [7, 11) is -1.04. The Kier molecular flexibility index (Phi) is 5.49. The van der Waals surface area contributed by atoms with Crippen molar-refractivity contribution < 1.29 is 14.0 Å². The third-order valence-corrected chi connectivity index (χ3v) is 6.00. The maximum absolute atomic E-state index is 6.25. The van der Waals surface area contributed by atoms with Crippen LogP contribution in [0, 0.1) is 0 Å². The standard InChI is InChI=1S/C15H28BClN2O3S/c1-14(2)15(3,4)22-16(21-14)12-10-19(18-13(12)17)11-20-8-9-23(5,6)7/h10H,8-9,11H2,1-7H3. The van der Waals surface area contributed by atoms with Crippen molar-refractivity contribution in [2.24, 2.45) is 0 Å². The lowest BCUT2D eigenvalue weighted by molar-refractivity contribution is 0.00578. The SMILES string of the molecule is CC1(C)OB(c2cn(COCCS(C)(C)C)nc2Cl)OC1(C)C. The Labute approximate surface area is 146 Å². The molecule has 0 bridgehead atoms. The average molecular weight is 363 g/mol. The first-order valence-electron chi connectivity index (χ1n) is 7.73. The first-order valence-corrected chi connectivity index (χ1v) is 11.1. The van der Waals surface area contributed by atoms with Crippen LogP contribution < -0.4 is 5.46 Å². The largest absolute Gasteiger partial charge is 0.499 e. The molecular weight excluding hydrogens is 335 g/mol. The van der Waals surface area contributed by atoms with Gasteiger partial charge < -0.3 is 14.0 Å². The van der Waals surface area contributed by atoms with Crippen molar-refractivity contribution in [2.45, 2.75) is 45.6 Å². The van der Waals surface area contributed by atoms with Crippen molar-refractivity contribution in [3.8, 4) is 0 Å². The number of ether oxygens (including phenoxy) is 1. The number of rotatable bonds is 6. The molecule has 1 aromatic rings. The summed E-state index contributed by atoms with van der Waals surface area (Å²) in [5.41, 5.74) is -0.0418. The van der Waals surface area contributed by atoms with Crippen molar-refractivity contribution >= 4 is 34.2 Å². The minimum atomic E-state index is -0.541. The molecule has 5 nitrogen and oxygen atoms in total. The Bertz CT molecular complexity index is 541. The summed E-state index contributed by atoms with van der Waals surface area (Å²) >= 11 is 6.25. The quantitative estimate of drug-likeness (QED) is 0.576. The smallest absolute Gasteiger partial charge is 0.399 e. The summed E-state index contributed by atoms with van der Waals surface area (Å²) in [5, 5.41) is 4.69. The van der Waals surface area contributed by atoms with Crippen LogP contribution in [0.15, 0.2) is 6.20 Å². The minimum absolute atomic E-state index is 0.384. The Balaban J connectivity index is 1.97. The molecule has 0 N–H and O–H groups in total. The summed E-state index contributed by atoms with van der Waals surface area (Å²) in [6.45, 7) is 9.18. The zero-order chi connectivity index (χ0) is 17.5. The van der Waals surface area contributed by atoms with E-state index in [1.54, 1.807) is 4.68 Å². The van der Waals surface area contributed by atoms with E-state index in [4.69, 9.17) is 25.6 Å². The summed E-state index contributed by atoms with van der Waals surface area (Å²) in [4.78, 5) is 0. The van der Waals surface area contributed by atoms with Gasteiger partial charge in [0.1, 0.15) is 6.73 Å². The molecule has 23 heavy (non-hydrogen) atoms. The zero-order valence-electron chi connectivity index (χ0n) is 15.2. The van der Waals surface area contributed by atoms with Crippen LogP contribution in [0.2, 0.25) is 5.15 Å². The van der Waals surface area contributed by atoms with Crippen LogP contribution in [-0.4, -0.2) is 59.2 Å². The van der Waals surface area contributed by atoms with E-state index in [0.717, 1.165) is 17.8 Å². The maximum atomic E-state index is 6.25. The van der Waals surface area contributed by atoms with Crippen LogP contribution in [0.4, 0.5) is 0 Å². The predicted octanol–water partition coefficient (Wildman–Crippen LogP) is 2.50. The lowest BCUT2D eigenvalue weighted by atomic mass is 9.82. The lowest BCUT2D eigenvalue weighted by Gasteiger charge is -2.32. The highest BCUT2D eigenvalue weighted by atomic mass is 35.5. The maximum Gasteiger partial charge on any atom is 0.499 e. The van der Waals surface area contributed by atoms with Crippen molar-refractivity contribution in [1.29, 1.82) is 0 Å². The second-order valence-electron chi connectivity index (χ2n) is 7.84. The fourth-order valence-electron chi connectivity index (χ4n) is 2.07. The summed E-state index contributed by atoms with van der Waals surface area (Å²) in [6.07, 6.45) is 8.67. The minimum Gasteiger partial charge on any atom is -0.399 e. The molecule has 2 heterocycles. The summed E-state index contributed by atoms with van der Waals surface area (Å²) < 4.78 is 19.4. The molecule has 0 atom stereocenters. The van der Waals surface area contributed by atoms with Gasteiger partial charge in [0.2, 0.25) is 0 Å². The van der Waals surface area contributed by atoms with Gasteiger partial charge in [-0.15, -0.1) is 0 Å².